The number of nitrogens with two attached hydrogens (primary N) is 1. The van der Waals surface area contributed by atoms with Gasteiger partial charge in [0.05, 0.1) is 16.2 Å². The molecule has 0 saturated carbocycles. The first kappa shape index (κ1) is 23.1. The standard InChI is InChI=1S/C27H32ClN5/c1-4-5-7-19(2)32-12-14-33(15-13-32)20(3)21-10-11-24-25(28)18-26(30-27(24)17-21)22-8-6-9-23(16-22)31-29/h6,8-11,16-18,31H,2-5,7,12-15,29H2,1H3. The lowest BCUT2D eigenvalue weighted by atomic mass is 10.1. The number of anilines is 1. The van der Waals surface area contributed by atoms with Crippen LogP contribution in [0, 0.1) is 0 Å². The lowest BCUT2D eigenvalue weighted by Crippen LogP contribution is -2.44. The summed E-state index contributed by atoms with van der Waals surface area (Å²) in [6, 6.07) is 15.9. The van der Waals surface area contributed by atoms with Gasteiger partial charge in [-0.3, -0.25) is 5.84 Å². The maximum absolute atomic E-state index is 6.62. The van der Waals surface area contributed by atoms with Gasteiger partial charge in [-0.2, -0.15) is 0 Å². The molecule has 2 heterocycles. The zero-order valence-corrected chi connectivity index (χ0v) is 20.0. The highest BCUT2D eigenvalue weighted by Crippen LogP contribution is 2.31. The van der Waals surface area contributed by atoms with Gasteiger partial charge in [0.15, 0.2) is 0 Å². The fraction of sp³-hybridized carbons (Fsp3) is 0.296. The van der Waals surface area contributed by atoms with Crippen LogP contribution < -0.4 is 11.3 Å². The third kappa shape index (κ3) is 5.15. The normalized spacial score (nSPS) is 13.9. The van der Waals surface area contributed by atoms with E-state index in [4.69, 9.17) is 22.4 Å². The van der Waals surface area contributed by atoms with Gasteiger partial charge in [0.1, 0.15) is 0 Å². The predicted octanol–water partition coefficient (Wildman–Crippen LogP) is 6.13. The first-order valence-corrected chi connectivity index (χ1v) is 11.9. The number of hydrogen-bond donors (Lipinski definition) is 2. The van der Waals surface area contributed by atoms with Crippen LogP contribution in [0.2, 0.25) is 5.02 Å². The van der Waals surface area contributed by atoms with Crippen LogP contribution in [0.25, 0.3) is 27.9 Å². The van der Waals surface area contributed by atoms with Gasteiger partial charge in [-0.25, -0.2) is 4.98 Å². The van der Waals surface area contributed by atoms with Crippen molar-refractivity contribution in [2.75, 3.05) is 31.6 Å². The highest BCUT2D eigenvalue weighted by atomic mass is 35.5. The third-order valence-electron chi connectivity index (χ3n) is 6.35. The zero-order valence-electron chi connectivity index (χ0n) is 19.3. The minimum atomic E-state index is 0.678. The summed E-state index contributed by atoms with van der Waals surface area (Å²) in [5.41, 5.74) is 9.48. The molecule has 0 amide bonds. The SMILES string of the molecule is C=C(CCCC)N1CCN(C(=C)c2ccc3c(Cl)cc(-c4cccc(NN)c4)nc3c2)CC1. The number of allylic oxidation sites excluding steroid dienone is 1. The number of nitrogen functional groups attached to an aromatic ring is 1. The molecule has 172 valence electrons. The van der Waals surface area contributed by atoms with Crippen molar-refractivity contribution in [3.63, 3.8) is 0 Å². The summed E-state index contributed by atoms with van der Waals surface area (Å²) in [5, 5.41) is 1.61. The molecule has 6 heteroatoms. The zero-order chi connectivity index (χ0) is 23.4. The Balaban J connectivity index is 1.54. The number of unbranched alkanes of at least 4 members (excludes halogenated alkanes) is 1. The van der Waals surface area contributed by atoms with E-state index >= 15 is 0 Å². The summed E-state index contributed by atoms with van der Waals surface area (Å²) >= 11 is 6.62. The van der Waals surface area contributed by atoms with Crippen molar-refractivity contribution in [1.29, 1.82) is 0 Å². The van der Waals surface area contributed by atoms with Gasteiger partial charge in [0, 0.05) is 54.2 Å². The summed E-state index contributed by atoms with van der Waals surface area (Å²) in [7, 11) is 0. The van der Waals surface area contributed by atoms with E-state index in [0.717, 1.165) is 71.7 Å². The second kappa shape index (κ2) is 10.3. The smallest absolute Gasteiger partial charge is 0.0731 e. The molecule has 2 aromatic carbocycles. The number of aromatic nitrogens is 1. The van der Waals surface area contributed by atoms with E-state index in [1.165, 1.54) is 18.5 Å². The fourth-order valence-electron chi connectivity index (χ4n) is 4.30. The molecule has 0 radical (unpaired) electrons. The number of pyridine rings is 1. The molecule has 0 unspecified atom stereocenters. The average Bonchev–Trinajstić information content (AvgIpc) is 2.86. The number of nitrogens with one attached hydrogen (secondary N) is 1. The third-order valence-corrected chi connectivity index (χ3v) is 6.66. The Bertz CT molecular complexity index is 1160. The number of hydrazine groups is 1. The van der Waals surface area contributed by atoms with Crippen molar-refractivity contribution >= 4 is 33.9 Å². The van der Waals surface area contributed by atoms with Gasteiger partial charge in [0.2, 0.25) is 0 Å². The van der Waals surface area contributed by atoms with Gasteiger partial charge in [-0.05, 0) is 42.7 Å². The second-order valence-electron chi connectivity index (χ2n) is 8.54. The van der Waals surface area contributed by atoms with E-state index in [1.807, 2.05) is 36.4 Å². The summed E-state index contributed by atoms with van der Waals surface area (Å²) in [4.78, 5) is 9.67. The number of halogens is 1. The number of nitrogens with zero attached hydrogens (tertiary/aromatic N) is 3. The van der Waals surface area contributed by atoms with Gasteiger partial charge in [-0.1, -0.05) is 62.4 Å². The number of rotatable bonds is 8. The van der Waals surface area contributed by atoms with Crippen molar-refractivity contribution < 1.29 is 0 Å². The predicted molar refractivity (Wildman–Crippen MR) is 141 cm³/mol. The van der Waals surface area contributed by atoms with Gasteiger partial charge in [-0.15, -0.1) is 0 Å². The van der Waals surface area contributed by atoms with E-state index < -0.39 is 0 Å². The van der Waals surface area contributed by atoms with Crippen LogP contribution >= 0.6 is 11.6 Å². The quantitative estimate of drug-likeness (QED) is 0.312. The molecule has 33 heavy (non-hydrogen) atoms. The summed E-state index contributed by atoms with van der Waals surface area (Å²) in [5.74, 6) is 5.57. The summed E-state index contributed by atoms with van der Waals surface area (Å²) < 4.78 is 0. The minimum absolute atomic E-state index is 0.678. The Hall–Kier alpha value is -3.02. The van der Waals surface area contributed by atoms with E-state index in [1.54, 1.807) is 0 Å². The lowest BCUT2D eigenvalue weighted by molar-refractivity contribution is 0.209. The first-order valence-electron chi connectivity index (χ1n) is 11.5. The number of piperazine rings is 1. The second-order valence-corrected chi connectivity index (χ2v) is 8.94. The maximum Gasteiger partial charge on any atom is 0.0731 e. The van der Waals surface area contributed by atoms with Crippen molar-refractivity contribution in [2.45, 2.75) is 26.2 Å². The Morgan fingerprint density at radius 2 is 1.82 bits per heavy atom. The molecule has 5 nitrogen and oxygen atoms in total. The van der Waals surface area contributed by atoms with Crippen molar-refractivity contribution in [3.8, 4) is 11.3 Å². The van der Waals surface area contributed by atoms with Crippen LogP contribution in [0.4, 0.5) is 5.69 Å². The number of fused-ring (bicyclic) bond motifs is 1. The number of hydrogen-bond acceptors (Lipinski definition) is 5. The van der Waals surface area contributed by atoms with Gasteiger partial charge in [0.25, 0.3) is 0 Å². The molecular formula is C27H32ClN5. The van der Waals surface area contributed by atoms with Crippen LogP contribution in [0.15, 0.2) is 67.4 Å². The van der Waals surface area contributed by atoms with E-state index in [2.05, 4.69) is 47.4 Å². The van der Waals surface area contributed by atoms with E-state index in [9.17, 15) is 0 Å². The monoisotopic (exact) mass is 461 g/mol. The lowest BCUT2D eigenvalue weighted by Gasteiger charge is -2.39. The van der Waals surface area contributed by atoms with E-state index in [0.29, 0.717) is 5.02 Å². The number of benzene rings is 2. The van der Waals surface area contributed by atoms with Crippen LogP contribution in [-0.4, -0.2) is 41.0 Å². The van der Waals surface area contributed by atoms with Crippen LogP contribution in [0.1, 0.15) is 31.7 Å². The molecule has 3 aromatic rings. The molecule has 1 saturated heterocycles. The molecule has 0 spiro atoms. The van der Waals surface area contributed by atoms with Crippen molar-refractivity contribution in [2.24, 2.45) is 5.84 Å². The van der Waals surface area contributed by atoms with Crippen molar-refractivity contribution in [3.05, 3.63) is 78.0 Å². The fourth-order valence-corrected chi connectivity index (χ4v) is 4.56. The Kier molecular flexibility index (Phi) is 7.21. The minimum Gasteiger partial charge on any atom is -0.372 e. The molecule has 3 N–H and O–H groups in total. The summed E-state index contributed by atoms with van der Waals surface area (Å²) in [6.45, 7) is 14.7. The Labute approximate surface area is 201 Å². The van der Waals surface area contributed by atoms with Crippen LogP contribution in [0.3, 0.4) is 0 Å². The molecular weight excluding hydrogens is 430 g/mol. The summed E-state index contributed by atoms with van der Waals surface area (Å²) in [6.07, 6.45) is 3.49. The molecule has 1 aliphatic rings. The Morgan fingerprint density at radius 1 is 1.06 bits per heavy atom. The molecule has 1 aliphatic heterocycles. The van der Waals surface area contributed by atoms with E-state index in [-0.39, 0.29) is 0 Å². The molecule has 1 fully saturated rings. The van der Waals surface area contributed by atoms with Crippen molar-refractivity contribution in [1.82, 2.24) is 14.8 Å². The Morgan fingerprint density at radius 3 is 2.55 bits per heavy atom. The molecule has 4 rings (SSSR count). The van der Waals surface area contributed by atoms with Gasteiger partial charge < -0.3 is 15.2 Å². The molecule has 0 atom stereocenters. The molecule has 1 aromatic heterocycles. The van der Waals surface area contributed by atoms with Crippen LogP contribution in [-0.2, 0) is 0 Å². The molecule has 0 bridgehead atoms. The van der Waals surface area contributed by atoms with Crippen LogP contribution in [0.5, 0.6) is 0 Å². The highest BCUT2D eigenvalue weighted by Gasteiger charge is 2.20. The van der Waals surface area contributed by atoms with Gasteiger partial charge >= 0.3 is 0 Å². The molecule has 0 aliphatic carbocycles. The first-order chi connectivity index (χ1) is 16.0. The maximum atomic E-state index is 6.62. The topological polar surface area (TPSA) is 57.4 Å². The largest absolute Gasteiger partial charge is 0.372 e. The highest BCUT2D eigenvalue weighted by molar-refractivity contribution is 6.35. The average molecular weight is 462 g/mol.